The Kier molecular flexibility index (Phi) is 7.53. The molecule has 3 nitrogen and oxygen atoms in total. The van der Waals surface area contributed by atoms with Crippen molar-refractivity contribution in [2.24, 2.45) is 0 Å². The van der Waals surface area contributed by atoms with Crippen molar-refractivity contribution >= 4 is 31.2 Å². The van der Waals surface area contributed by atoms with Crippen molar-refractivity contribution in [3.63, 3.8) is 0 Å². The molecule has 0 amide bonds. The van der Waals surface area contributed by atoms with Gasteiger partial charge in [-0.2, -0.15) is 12.6 Å². The summed E-state index contributed by atoms with van der Waals surface area (Å²) in [5.41, 5.74) is 0. The van der Waals surface area contributed by atoms with Crippen LogP contribution in [0.1, 0.15) is 6.42 Å². The zero-order valence-electron chi connectivity index (χ0n) is 6.92. The van der Waals surface area contributed by atoms with Gasteiger partial charge in [0.1, 0.15) is 0 Å². The average Bonchev–Trinajstić information content (AvgIpc) is 2.06. The number of hydrogen-bond donors (Lipinski definition) is 3. The Morgan fingerprint density at radius 2 is 2.23 bits per heavy atom. The van der Waals surface area contributed by atoms with Crippen molar-refractivity contribution in [1.82, 2.24) is 4.98 Å². The first kappa shape index (κ1) is 12.3. The van der Waals surface area contributed by atoms with Crippen molar-refractivity contribution in [2.45, 2.75) is 11.4 Å². The highest BCUT2D eigenvalue weighted by atomic mass is 32.1. The molecular weight excluding hydrogens is 206 g/mol. The molecule has 0 atom stereocenters. The predicted octanol–water partition coefficient (Wildman–Crippen LogP) is 1.76. The third-order valence-electron chi connectivity index (χ3n) is 0.975. The zero-order chi connectivity index (χ0) is 10.1. The average molecular weight is 217 g/mol. The van der Waals surface area contributed by atoms with Gasteiger partial charge >= 0.3 is 5.97 Å². The van der Waals surface area contributed by atoms with Crippen LogP contribution in [0.3, 0.4) is 0 Å². The Balaban J connectivity index is 0.000000226. The summed E-state index contributed by atoms with van der Waals surface area (Å²) in [5, 5.41) is 8.63. The fourth-order valence-electron chi connectivity index (χ4n) is 0.449. The predicted molar refractivity (Wildman–Crippen MR) is 57.6 cm³/mol. The molecule has 13 heavy (non-hydrogen) atoms. The van der Waals surface area contributed by atoms with E-state index in [4.69, 9.17) is 5.11 Å². The van der Waals surface area contributed by atoms with Crippen LogP contribution < -0.4 is 0 Å². The smallest absolute Gasteiger partial charge is 0.304 e. The molecule has 0 bridgehead atoms. The van der Waals surface area contributed by atoms with Gasteiger partial charge < -0.3 is 5.11 Å². The van der Waals surface area contributed by atoms with Crippen LogP contribution in [0.15, 0.2) is 29.4 Å². The second-order valence-corrected chi connectivity index (χ2v) is 2.96. The highest BCUT2D eigenvalue weighted by Crippen LogP contribution is 1.95. The van der Waals surface area contributed by atoms with E-state index >= 15 is 0 Å². The Morgan fingerprint density at radius 3 is 2.38 bits per heavy atom. The lowest BCUT2D eigenvalue weighted by Crippen LogP contribution is -1.93. The molecule has 0 spiro atoms. The van der Waals surface area contributed by atoms with Crippen molar-refractivity contribution in [3.05, 3.63) is 24.4 Å². The molecule has 1 N–H and O–H groups in total. The maximum atomic E-state index is 9.55. The number of thiol groups is 2. The molecule has 0 radical (unpaired) electrons. The summed E-state index contributed by atoms with van der Waals surface area (Å²) in [6.45, 7) is 0. The van der Waals surface area contributed by atoms with Crippen molar-refractivity contribution in [2.75, 3.05) is 5.75 Å². The van der Waals surface area contributed by atoms with Crippen molar-refractivity contribution in [1.29, 1.82) is 0 Å². The van der Waals surface area contributed by atoms with Gasteiger partial charge in [0.05, 0.1) is 11.4 Å². The van der Waals surface area contributed by atoms with Gasteiger partial charge in [-0.3, -0.25) is 9.78 Å². The van der Waals surface area contributed by atoms with Crippen LogP contribution in [-0.2, 0) is 4.79 Å². The lowest BCUT2D eigenvalue weighted by atomic mass is 10.5. The van der Waals surface area contributed by atoms with E-state index in [1.54, 1.807) is 6.20 Å². The summed E-state index contributed by atoms with van der Waals surface area (Å²) in [5.74, 6) is -0.361. The van der Waals surface area contributed by atoms with E-state index in [0.717, 1.165) is 5.03 Å². The molecular formula is C8H11NO2S2. The number of aliphatic carboxylic acids is 1. The van der Waals surface area contributed by atoms with Gasteiger partial charge in [0, 0.05) is 11.9 Å². The molecule has 0 aromatic carbocycles. The van der Waals surface area contributed by atoms with Crippen LogP contribution in [0.5, 0.6) is 0 Å². The summed E-state index contributed by atoms with van der Waals surface area (Å²) in [4.78, 5) is 13.4. The Labute approximate surface area is 88.0 Å². The van der Waals surface area contributed by atoms with Crippen molar-refractivity contribution in [3.8, 4) is 0 Å². The Morgan fingerprint density at radius 1 is 1.54 bits per heavy atom. The molecule has 0 unspecified atom stereocenters. The van der Waals surface area contributed by atoms with Crippen LogP contribution in [0.2, 0.25) is 0 Å². The minimum atomic E-state index is -0.787. The minimum absolute atomic E-state index is 0.156. The normalized spacial score (nSPS) is 8.46. The van der Waals surface area contributed by atoms with Gasteiger partial charge in [0.15, 0.2) is 0 Å². The van der Waals surface area contributed by atoms with E-state index in [0.29, 0.717) is 5.75 Å². The maximum absolute atomic E-state index is 9.55. The molecule has 5 heteroatoms. The molecule has 1 aromatic rings. The second kappa shape index (κ2) is 7.94. The SMILES string of the molecule is O=C(O)CCS.Sc1ccccn1. The highest BCUT2D eigenvalue weighted by molar-refractivity contribution is 7.80. The first-order valence-electron chi connectivity index (χ1n) is 3.59. The fraction of sp³-hybridized carbons (Fsp3) is 0.250. The first-order valence-corrected chi connectivity index (χ1v) is 4.67. The molecule has 0 aliphatic rings. The van der Waals surface area contributed by atoms with Gasteiger partial charge in [-0.1, -0.05) is 6.07 Å². The molecule has 0 saturated heterocycles. The maximum Gasteiger partial charge on any atom is 0.304 e. The Hall–Kier alpha value is -0.680. The number of pyridine rings is 1. The summed E-state index contributed by atoms with van der Waals surface area (Å²) in [7, 11) is 0. The topological polar surface area (TPSA) is 50.2 Å². The molecule has 0 fully saturated rings. The van der Waals surface area contributed by atoms with Crippen LogP contribution in [0.25, 0.3) is 0 Å². The summed E-state index contributed by atoms with van der Waals surface area (Å²) in [6, 6.07) is 5.60. The number of carboxylic acid groups (broad SMARTS) is 1. The summed E-state index contributed by atoms with van der Waals surface area (Å²) < 4.78 is 0. The molecule has 1 rings (SSSR count). The van der Waals surface area contributed by atoms with Crippen LogP contribution in [-0.4, -0.2) is 21.8 Å². The quantitative estimate of drug-likeness (QED) is 0.662. The lowest BCUT2D eigenvalue weighted by Gasteiger charge is -1.81. The molecule has 0 aliphatic carbocycles. The molecule has 0 aliphatic heterocycles. The minimum Gasteiger partial charge on any atom is -0.481 e. The second-order valence-electron chi connectivity index (χ2n) is 2.06. The van der Waals surface area contributed by atoms with E-state index in [-0.39, 0.29) is 6.42 Å². The number of aromatic nitrogens is 1. The standard InChI is InChI=1S/C5H5NS.C3H6O2S/c7-5-3-1-2-4-6-5;4-3(5)1-2-6/h1-4H,(H,6,7);6H,1-2H2,(H,4,5). The first-order chi connectivity index (χ1) is 6.16. The van der Waals surface area contributed by atoms with Gasteiger partial charge in [0.2, 0.25) is 0 Å². The van der Waals surface area contributed by atoms with Crippen molar-refractivity contribution < 1.29 is 9.90 Å². The number of carbonyl (C=O) groups is 1. The zero-order valence-corrected chi connectivity index (χ0v) is 8.71. The van der Waals surface area contributed by atoms with Crippen LogP contribution >= 0.6 is 25.3 Å². The largest absolute Gasteiger partial charge is 0.481 e. The van der Waals surface area contributed by atoms with E-state index in [1.807, 2.05) is 18.2 Å². The number of hydrogen-bond acceptors (Lipinski definition) is 4. The van der Waals surface area contributed by atoms with E-state index in [2.05, 4.69) is 30.2 Å². The third kappa shape index (κ3) is 9.23. The molecule has 0 saturated carbocycles. The molecule has 72 valence electrons. The molecule has 1 heterocycles. The summed E-state index contributed by atoms with van der Waals surface area (Å²) in [6.07, 6.45) is 1.87. The van der Waals surface area contributed by atoms with E-state index < -0.39 is 5.97 Å². The van der Waals surface area contributed by atoms with Gasteiger partial charge in [-0.05, 0) is 12.1 Å². The van der Waals surface area contributed by atoms with Gasteiger partial charge in [-0.25, -0.2) is 0 Å². The lowest BCUT2D eigenvalue weighted by molar-refractivity contribution is -0.136. The molecule has 1 aromatic heterocycles. The summed E-state index contributed by atoms with van der Waals surface area (Å²) >= 11 is 7.65. The van der Waals surface area contributed by atoms with Crippen LogP contribution in [0, 0.1) is 0 Å². The van der Waals surface area contributed by atoms with E-state index in [1.165, 1.54) is 0 Å². The van der Waals surface area contributed by atoms with Gasteiger partial charge in [-0.15, -0.1) is 12.6 Å². The van der Waals surface area contributed by atoms with Gasteiger partial charge in [0.25, 0.3) is 0 Å². The number of nitrogens with zero attached hydrogens (tertiary/aromatic N) is 1. The number of rotatable bonds is 2. The van der Waals surface area contributed by atoms with E-state index in [9.17, 15) is 4.79 Å². The Bertz CT molecular complexity index is 241. The fourth-order valence-corrected chi connectivity index (χ4v) is 0.793. The highest BCUT2D eigenvalue weighted by Gasteiger charge is 1.88. The van der Waals surface area contributed by atoms with Crippen LogP contribution in [0.4, 0.5) is 0 Å². The number of carboxylic acids is 1. The monoisotopic (exact) mass is 217 g/mol. The third-order valence-corrected chi connectivity index (χ3v) is 1.46.